The summed E-state index contributed by atoms with van der Waals surface area (Å²) in [5, 5.41) is 11.0. The summed E-state index contributed by atoms with van der Waals surface area (Å²) in [6.07, 6.45) is 0. The number of aromatic hydroxyl groups is 1. The van der Waals surface area contributed by atoms with Crippen LogP contribution in [0.4, 0.5) is 0 Å². The van der Waals surface area contributed by atoms with E-state index in [4.69, 9.17) is 11.6 Å². The Morgan fingerprint density at radius 1 is 1.16 bits per heavy atom. The summed E-state index contributed by atoms with van der Waals surface area (Å²) in [6.45, 7) is 0. The van der Waals surface area contributed by atoms with Crippen LogP contribution in [0.2, 0.25) is 5.02 Å². The van der Waals surface area contributed by atoms with Gasteiger partial charge in [0, 0.05) is 9.92 Å². The number of rotatable bonds is 3. The Morgan fingerprint density at radius 3 is 2.74 bits per heavy atom. The maximum atomic E-state index is 9.23. The standard InChI is InChI=1S/C14H10ClNOS2/c15-9-1-6-13-12(7-9)16-14(19-13)8-18-11-4-2-10(17)3-5-11/h1-7,17H,8H2. The van der Waals surface area contributed by atoms with Gasteiger partial charge < -0.3 is 5.11 Å². The Hall–Kier alpha value is -1.23. The van der Waals surface area contributed by atoms with Crippen molar-refractivity contribution in [3.63, 3.8) is 0 Å². The average Bonchev–Trinajstić information content (AvgIpc) is 2.80. The molecule has 0 unspecified atom stereocenters. The second-order valence-corrected chi connectivity index (χ2v) is 6.60. The first-order valence-electron chi connectivity index (χ1n) is 5.67. The summed E-state index contributed by atoms with van der Waals surface area (Å²) in [4.78, 5) is 5.69. The van der Waals surface area contributed by atoms with Gasteiger partial charge in [-0.2, -0.15) is 0 Å². The maximum absolute atomic E-state index is 9.23. The van der Waals surface area contributed by atoms with Crippen LogP contribution < -0.4 is 0 Å². The topological polar surface area (TPSA) is 33.1 Å². The summed E-state index contributed by atoms with van der Waals surface area (Å²) >= 11 is 9.35. The zero-order chi connectivity index (χ0) is 13.2. The highest BCUT2D eigenvalue weighted by atomic mass is 35.5. The van der Waals surface area contributed by atoms with E-state index in [1.54, 1.807) is 35.2 Å². The van der Waals surface area contributed by atoms with Gasteiger partial charge in [-0.05, 0) is 42.5 Å². The molecule has 0 fully saturated rings. The summed E-state index contributed by atoms with van der Waals surface area (Å²) in [5.74, 6) is 1.11. The van der Waals surface area contributed by atoms with Gasteiger partial charge in [0.05, 0.1) is 16.0 Å². The lowest BCUT2D eigenvalue weighted by molar-refractivity contribution is 0.475. The zero-order valence-corrected chi connectivity index (χ0v) is 12.2. The van der Waals surface area contributed by atoms with Gasteiger partial charge in [-0.15, -0.1) is 23.1 Å². The van der Waals surface area contributed by atoms with Gasteiger partial charge in [0.15, 0.2) is 0 Å². The molecular formula is C14H10ClNOS2. The van der Waals surface area contributed by atoms with Crippen molar-refractivity contribution in [1.29, 1.82) is 0 Å². The molecule has 1 heterocycles. The molecule has 3 rings (SSSR count). The number of halogens is 1. The van der Waals surface area contributed by atoms with Crippen LogP contribution in [-0.2, 0) is 5.75 Å². The number of thiazole rings is 1. The molecule has 0 aliphatic heterocycles. The molecule has 0 radical (unpaired) electrons. The first-order valence-corrected chi connectivity index (χ1v) is 7.85. The lowest BCUT2D eigenvalue weighted by Gasteiger charge is -1.98. The van der Waals surface area contributed by atoms with Crippen LogP contribution >= 0.6 is 34.7 Å². The van der Waals surface area contributed by atoms with Crippen LogP contribution in [-0.4, -0.2) is 10.1 Å². The van der Waals surface area contributed by atoms with E-state index in [-0.39, 0.29) is 0 Å². The number of hydrogen-bond acceptors (Lipinski definition) is 4. The van der Waals surface area contributed by atoms with Crippen molar-refractivity contribution in [2.45, 2.75) is 10.6 Å². The maximum Gasteiger partial charge on any atom is 0.115 e. The summed E-state index contributed by atoms with van der Waals surface area (Å²) < 4.78 is 1.16. The predicted molar refractivity (Wildman–Crippen MR) is 82.3 cm³/mol. The molecule has 19 heavy (non-hydrogen) atoms. The van der Waals surface area contributed by atoms with Crippen molar-refractivity contribution < 1.29 is 5.11 Å². The Morgan fingerprint density at radius 2 is 1.95 bits per heavy atom. The van der Waals surface area contributed by atoms with Gasteiger partial charge in [-0.3, -0.25) is 0 Å². The van der Waals surface area contributed by atoms with Gasteiger partial charge >= 0.3 is 0 Å². The first-order chi connectivity index (χ1) is 9.20. The van der Waals surface area contributed by atoms with Gasteiger partial charge in [0.1, 0.15) is 10.8 Å². The lowest BCUT2D eigenvalue weighted by atomic mass is 10.3. The Bertz CT molecular complexity index is 709. The fourth-order valence-electron chi connectivity index (χ4n) is 1.70. The number of benzene rings is 2. The SMILES string of the molecule is Oc1ccc(SCc2nc3cc(Cl)ccc3s2)cc1. The van der Waals surface area contributed by atoms with Gasteiger partial charge in [-0.25, -0.2) is 4.98 Å². The second-order valence-electron chi connectivity index (χ2n) is 4.00. The van der Waals surface area contributed by atoms with Crippen molar-refractivity contribution in [3.8, 4) is 5.75 Å². The zero-order valence-electron chi connectivity index (χ0n) is 9.84. The van der Waals surface area contributed by atoms with Crippen LogP contribution in [0.15, 0.2) is 47.4 Å². The summed E-state index contributed by atoms with van der Waals surface area (Å²) in [7, 11) is 0. The van der Waals surface area contributed by atoms with Crippen LogP contribution in [0.25, 0.3) is 10.2 Å². The van der Waals surface area contributed by atoms with Crippen molar-refractivity contribution in [2.24, 2.45) is 0 Å². The molecule has 3 aromatic rings. The quantitative estimate of drug-likeness (QED) is 0.695. The fraction of sp³-hybridized carbons (Fsp3) is 0.0714. The normalized spacial score (nSPS) is 11.0. The van der Waals surface area contributed by atoms with Crippen molar-refractivity contribution in [3.05, 3.63) is 52.5 Å². The highest BCUT2D eigenvalue weighted by molar-refractivity contribution is 7.98. The van der Waals surface area contributed by atoms with Gasteiger partial charge in [-0.1, -0.05) is 11.6 Å². The molecule has 0 spiro atoms. The van der Waals surface area contributed by atoms with Crippen molar-refractivity contribution in [1.82, 2.24) is 4.98 Å². The number of hydrogen-bond donors (Lipinski definition) is 1. The van der Waals surface area contributed by atoms with E-state index >= 15 is 0 Å². The molecule has 0 aliphatic rings. The molecular weight excluding hydrogens is 298 g/mol. The molecule has 0 saturated carbocycles. The number of fused-ring (bicyclic) bond motifs is 1. The molecule has 0 atom stereocenters. The van der Waals surface area contributed by atoms with Crippen LogP contribution in [0.5, 0.6) is 5.75 Å². The third-order valence-corrected chi connectivity index (χ3v) is 5.07. The molecule has 5 heteroatoms. The summed E-state index contributed by atoms with van der Waals surface area (Å²) in [5.41, 5.74) is 0.957. The molecule has 0 bridgehead atoms. The van der Waals surface area contributed by atoms with Gasteiger partial charge in [0.2, 0.25) is 0 Å². The molecule has 1 aromatic heterocycles. The van der Waals surface area contributed by atoms with E-state index < -0.39 is 0 Å². The highest BCUT2D eigenvalue weighted by Crippen LogP contribution is 2.30. The van der Waals surface area contributed by atoms with Crippen LogP contribution in [0, 0.1) is 0 Å². The molecule has 2 nitrogen and oxygen atoms in total. The Kier molecular flexibility index (Phi) is 3.64. The van der Waals surface area contributed by atoms with Gasteiger partial charge in [0.25, 0.3) is 0 Å². The largest absolute Gasteiger partial charge is 0.508 e. The monoisotopic (exact) mass is 307 g/mol. The molecule has 96 valence electrons. The molecule has 0 aliphatic carbocycles. The van der Waals surface area contributed by atoms with Crippen LogP contribution in [0.3, 0.4) is 0 Å². The number of phenolic OH excluding ortho intramolecular Hbond substituents is 1. The lowest BCUT2D eigenvalue weighted by Crippen LogP contribution is -1.78. The molecule has 1 N–H and O–H groups in total. The first kappa shape index (κ1) is 12.8. The number of phenols is 1. The summed E-state index contributed by atoms with van der Waals surface area (Å²) in [6, 6.07) is 13.0. The number of thioether (sulfide) groups is 1. The van der Waals surface area contributed by atoms with Crippen molar-refractivity contribution >= 4 is 44.9 Å². The Labute approximate surface area is 124 Å². The minimum Gasteiger partial charge on any atom is -0.508 e. The van der Waals surface area contributed by atoms with E-state index in [1.807, 2.05) is 30.3 Å². The van der Waals surface area contributed by atoms with E-state index in [9.17, 15) is 5.11 Å². The predicted octanol–water partition coefficient (Wildman–Crippen LogP) is 4.95. The fourth-order valence-corrected chi connectivity index (χ4v) is 3.70. The van der Waals surface area contributed by atoms with E-state index in [1.165, 1.54) is 0 Å². The Balaban J connectivity index is 1.76. The van der Waals surface area contributed by atoms with Crippen LogP contribution in [0.1, 0.15) is 5.01 Å². The van der Waals surface area contributed by atoms with E-state index in [0.29, 0.717) is 5.75 Å². The number of nitrogens with zero attached hydrogens (tertiary/aromatic N) is 1. The highest BCUT2D eigenvalue weighted by Gasteiger charge is 2.05. The minimum absolute atomic E-state index is 0.291. The smallest absolute Gasteiger partial charge is 0.115 e. The molecule has 0 saturated heterocycles. The van der Waals surface area contributed by atoms with E-state index in [2.05, 4.69) is 4.98 Å². The number of aromatic nitrogens is 1. The van der Waals surface area contributed by atoms with Crippen molar-refractivity contribution in [2.75, 3.05) is 0 Å². The van der Waals surface area contributed by atoms with E-state index in [0.717, 1.165) is 30.9 Å². The molecule has 0 amide bonds. The molecule has 2 aromatic carbocycles. The minimum atomic E-state index is 0.291. The third kappa shape index (κ3) is 3.03. The average molecular weight is 308 g/mol. The second kappa shape index (κ2) is 5.41. The third-order valence-electron chi connectivity index (χ3n) is 2.59.